The number of nitrogens with zero attached hydrogens (tertiary/aromatic N) is 2. The van der Waals surface area contributed by atoms with Crippen LogP contribution in [0.2, 0.25) is 0 Å². The first-order valence-electron chi connectivity index (χ1n) is 10.3. The first-order chi connectivity index (χ1) is 14.2. The Balaban J connectivity index is 1.58. The van der Waals surface area contributed by atoms with E-state index in [1.165, 1.54) is 11.1 Å². The topological polar surface area (TPSA) is 131 Å². The lowest BCUT2D eigenvalue weighted by atomic mass is 9.28. The van der Waals surface area contributed by atoms with Crippen molar-refractivity contribution in [2.75, 3.05) is 13.2 Å². The van der Waals surface area contributed by atoms with Gasteiger partial charge in [0.25, 0.3) is 10.2 Å². The Hall–Kier alpha value is -2.68. The number of hydrogen-bond donors (Lipinski definition) is 1. The summed E-state index contributed by atoms with van der Waals surface area (Å²) in [7, 11) is 0. The van der Waals surface area contributed by atoms with Crippen molar-refractivity contribution in [3.05, 3.63) is 67.8 Å². The monoisotopic (exact) mass is 417 g/mol. The van der Waals surface area contributed by atoms with Crippen LogP contribution in [0.15, 0.2) is 42.0 Å². The molecule has 4 rings (SSSR count). The standard InChI is InChI=1S/C21H27N3O6/c1-19(11-17(30-24(27)28)12-29-23(25)26)9-15-10-21(16-5-3-2-4-6-16)14-20(13-19,7-8-22)18(15)21/h2-6,9,17-18H,7-8,10-14,22H2,1H3. The largest absolute Gasteiger partial charge is 0.330 e. The molecule has 0 spiro atoms. The van der Waals surface area contributed by atoms with Gasteiger partial charge in [-0.3, -0.25) is 0 Å². The zero-order chi connectivity index (χ0) is 21.6. The second kappa shape index (κ2) is 7.23. The molecule has 0 heterocycles. The number of nitrogens with two attached hydrogens (primary N) is 1. The Morgan fingerprint density at radius 3 is 2.57 bits per heavy atom. The predicted octanol–water partition coefficient (Wildman–Crippen LogP) is 3.19. The summed E-state index contributed by atoms with van der Waals surface area (Å²) in [6.07, 6.45) is 5.26. The summed E-state index contributed by atoms with van der Waals surface area (Å²) in [6, 6.07) is 10.6. The highest BCUT2D eigenvalue weighted by atomic mass is 17.0. The van der Waals surface area contributed by atoms with Crippen LogP contribution < -0.4 is 5.73 Å². The number of allylic oxidation sites excluding steroid dienone is 2. The summed E-state index contributed by atoms with van der Waals surface area (Å²) in [5.74, 6) is 0.453. The summed E-state index contributed by atoms with van der Waals surface area (Å²) in [6.45, 7) is 2.18. The molecule has 1 aromatic carbocycles. The van der Waals surface area contributed by atoms with Gasteiger partial charge >= 0.3 is 0 Å². The van der Waals surface area contributed by atoms with E-state index in [0.717, 1.165) is 25.7 Å². The van der Waals surface area contributed by atoms with Gasteiger partial charge in [0.15, 0.2) is 0 Å². The summed E-state index contributed by atoms with van der Waals surface area (Å²) in [4.78, 5) is 30.6. The van der Waals surface area contributed by atoms with Crippen molar-refractivity contribution < 1.29 is 19.8 Å². The molecule has 0 radical (unpaired) electrons. The van der Waals surface area contributed by atoms with Gasteiger partial charge in [-0.05, 0) is 61.0 Å². The maximum atomic E-state index is 10.9. The van der Waals surface area contributed by atoms with E-state index in [2.05, 4.69) is 42.1 Å². The second-order valence-electron chi connectivity index (χ2n) is 9.43. The van der Waals surface area contributed by atoms with E-state index in [1.54, 1.807) is 0 Å². The molecule has 5 unspecified atom stereocenters. The molecule has 0 bridgehead atoms. The summed E-state index contributed by atoms with van der Waals surface area (Å²) in [5, 5.41) is 19.6. The first kappa shape index (κ1) is 20.6. The molecule has 0 saturated heterocycles. The van der Waals surface area contributed by atoms with Crippen molar-refractivity contribution in [1.82, 2.24) is 0 Å². The normalized spacial score (nSPS) is 34.5. The fraction of sp³-hybridized carbons (Fsp3) is 0.619. The summed E-state index contributed by atoms with van der Waals surface area (Å²) >= 11 is 0. The smallest absolute Gasteiger partial charge is 0.294 e. The van der Waals surface area contributed by atoms with Gasteiger partial charge in [0.2, 0.25) is 0 Å². The quantitative estimate of drug-likeness (QED) is 0.351. The average Bonchev–Trinajstić information content (AvgIpc) is 2.63. The Bertz CT molecular complexity index is 877. The molecule has 9 nitrogen and oxygen atoms in total. The fourth-order valence-electron chi connectivity index (χ4n) is 6.93. The van der Waals surface area contributed by atoms with Crippen molar-refractivity contribution in [1.29, 1.82) is 0 Å². The second-order valence-corrected chi connectivity index (χ2v) is 9.43. The third-order valence-corrected chi connectivity index (χ3v) is 7.30. The highest BCUT2D eigenvalue weighted by Gasteiger charge is 2.72. The summed E-state index contributed by atoms with van der Waals surface area (Å²) in [5.41, 5.74) is 8.61. The lowest BCUT2D eigenvalue weighted by Gasteiger charge is -2.75. The maximum Gasteiger partial charge on any atom is 0.294 e. The van der Waals surface area contributed by atoms with E-state index >= 15 is 0 Å². The van der Waals surface area contributed by atoms with E-state index in [-0.39, 0.29) is 22.7 Å². The van der Waals surface area contributed by atoms with Gasteiger partial charge in [0, 0.05) is 5.41 Å². The van der Waals surface area contributed by atoms with E-state index in [1.807, 2.05) is 6.07 Å². The zero-order valence-corrected chi connectivity index (χ0v) is 17.0. The van der Waals surface area contributed by atoms with Gasteiger partial charge in [0.05, 0.1) is 0 Å². The van der Waals surface area contributed by atoms with Crippen molar-refractivity contribution in [3.8, 4) is 0 Å². The molecule has 5 atom stereocenters. The van der Waals surface area contributed by atoms with Crippen LogP contribution in [0.25, 0.3) is 0 Å². The Morgan fingerprint density at radius 2 is 1.93 bits per heavy atom. The molecule has 0 aliphatic heterocycles. The highest BCUT2D eigenvalue weighted by molar-refractivity contribution is 5.50. The molecule has 2 N–H and O–H groups in total. The molecule has 2 fully saturated rings. The molecule has 30 heavy (non-hydrogen) atoms. The van der Waals surface area contributed by atoms with Gasteiger partial charge in [-0.15, -0.1) is 20.2 Å². The Morgan fingerprint density at radius 1 is 1.20 bits per heavy atom. The molecule has 3 aliphatic carbocycles. The van der Waals surface area contributed by atoms with Crippen LogP contribution in [0.4, 0.5) is 0 Å². The molecule has 1 aromatic rings. The first-order valence-corrected chi connectivity index (χ1v) is 10.3. The molecule has 162 valence electrons. The Kier molecular flexibility index (Phi) is 4.96. The van der Waals surface area contributed by atoms with Crippen LogP contribution in [0.5, 0.6) is 0 Å². The van der Waals surface area contributed by atoms with Gasteiger partial charge in [-0.1, -0.05) is 48.9 Å². The Labute approximate surface area is 174 Å². The number of hydrogen-bond acceptors (Lipinski definition) is 7. The maximum absolute atomic E-state index is 10.9. The minimum atomic E-state index is -1.00. The SMILES string of the molecule is CC1(CC(CO[N+](=O)[O-])O[N+](=O)[O-])C=C2CC3(c4ccccc4)CC(CCN)(C1)C23. The van der Waals surface area contributed by atoms with Gasteiger partial charge in [-0.25, -0.2) is 0 Å². The molecule has 9 heteroatoms. The minimum absolute atomic E-state index is 0.0603. The highest BCUT2D eigenvalue weighted by Crippen LogP contribution is 2.78. The third-order valence-electron chi connectivity index (χ3n) is 7.30. The fourth-order valence-corrected chi connectivity index (χ4v) is 6.93. The van der Waals surface area contributed by atoms with E-state index < -0.39 is 22.9 Å². The van der Waals surface area contributed by atoms with Crippen molar-refractivity contribution in [3.63, 3.8) is 0 Å². The van der Waals surface area contributed by atoms with E-state index in [9.17, 15) is 20.2 Å². The molecule has 3 aliphatic rings. The van der Waals surface area contributed by atoms with Crippen molar-refractivity contribution in [2.24, 2.45) is 22.5 Å². The van der Waals surface area contributed by atoms with E-state index in [4.69, 9.17) is 10.6 Å². The van der Waals surface area contributed by atoms with Crippen molar-refractivity contribution in [2.45, 2.75) is 50.5 Å². The lowest BCUT2D eigenvalue weighted by molar-refractivity contribution is -0.790. The predicted molar refractivity (Wildman–Crippen MR) is 107 cm³/mol. The number of benzene rings is 1. The van der Waals surface area contributed by atoms with Crippen LogP contribution in [0.3, 0.4) is 0 Å². The molecular formula is C21H27N3O6. The molecular weight excluding hydrogens is 390 g/mol. The average molecular weight is 417 g/mol. The molecule has 2 saturated carbocycles. The van der Waals surface area contributed by atoms with Crippen molar-refractivity contribution >= 4 is 0 Å². The minimum Gasteiger partial charge on any atom is -0.330 e. The zero-order valence-electron chi connectivity index (χ0n) is 17.0. The van der Waals surface area contributed by atoms with Crippen LogP contribution in [-0.2, 0) is 15.1 Å². The van der Waals surface area contributed by atoms with E-state index in [0.29, 0.717) is 12.5 Å². The van der Waals surface area contributed by atoms with Gasteiger partial charge in [-0.2, -0.15) is 0 Å². The lowest BCUT2D eigenvalue weighted by Crippen LogP contribution is -2.69. The van der Waals surface area contributed by atoms with Gasteiger partial charge in [0.1, 0.15) is 12.7 Å². The molecule has 0 aromatic heterocycles. The van der Waals surface area contributed by atoms with Crippen LogP contribution in [-0.4, -0.2) is 29.4 Å². The van der Waals surface area contributed by atoms with Crippen LogP contribution >= 0.6 is 0 Å². The van der Waals surface area contributed by atoms with Crippen LogP contribution in [0.1, 0.15) is 44.6 Å². The number of rotatable bonds is 10. The summed E-state index contributed by atoms with van der Waals surface area (Å²) < 4.78 is 0. The molecule has 0 amide bonds. The van der Waals surface area contributed by atoms with Gasteiger partial charge < -0.3 is 15.4 Å². The third kappa shape index (κ3) is 3.30. The van der Waals surface area contributed by atoms with Crippen LogP contribution in [0, 0.1) is 37.0 Å².